The van der Waals surface area contributed by atoms with Gasteiger partial charge in [0.25, 0.3) is 5.91 Å². The molecule has 2 saturated heterocycles. The van der Waals surface area contributed by atoms with E-state index in [0.717, 1.165) is 44.6 Å². The van der Waals surface area contributed by atoms with Crippen LogP contribution in [0.4, 0.5) is 0 Å². The summed E-state index contributed by atoms with van der Waals surface area (Å²) in [5.41, 5.74) is 2.00. The maximum absolute atomic E-state index is 12.8. The van der Waals surface area contributed by atoms with Crippen LogP contribution in [0.5, 0.6) is 0 Å². The number of carbonyl (C=O) groups is 1. The van der Waals surface area contributed by atoms with Gasteiger partial charge < -0.3 is 9.64 Å². The van der Waals surface area contributed by atoms with Gasteiger partial charge in [-0.25, -0.2) is 0 Å². The minimum atomic E-state index is 0.182. The molecule has 0 aliphatic carbocycles. The summed E-state index contributed by atoms with van der Waals surface area (Å²) >= 11 is 0. The van der Waals surface area contributed by atoms with Gasteiger partial charge in [-0.05, 0) is 45.7 Å². The van der Waals surface area contributed by atoms with Crippen molar-refractivity contribution in [1.29, 1.82) is 0 Å². The van der Waals surface area contributed by atoms with Gasteiger partial charge in [-0.15, -0.1) is 0 Å². The highest BCUT2D eigenvalue weighted by Crippen LogP contribution is 2.23. The molecule has 1 aromatic carbocycles. The summed E-state index contributed by atoms with van der Waals surface area (Å²) in [5, 5.41) is 0. The zero-order valence-electron chi connectivity index (χ0n) is 14.5. The van der Waals surface area contributed by atoms with Crippen LogP contribution in [0.3, 0.4) is 0 Å². The second-order valence-corrected chi connectivity index (χ2v) is 7.14. The highest BCUT2D eigenvalue weighted by molar-refractivity contribution is 5.94. The molecule has 1 aromatic rings. The van der Waals surface area contributed by atoms with E-state index in [1.54, 1.807) is 0 Å². The molecule has 0 spiro atoms. The van der Waals surface area contributed by atoms with Crippen molar-refractivity contribution in [3.63, 3.8) is 0 Å². The highest BCUT2D eigenvalue weighted by Gasteiger charge is 2.32. The molecule has 0 radical (unpaired) electrons. The highest BCUT2D eigenvalue weighted by atomic mass is 16.5. The van der Waals surface area contributed by atoms with Crippen LogP contribution in [0.1, 0.15) is 42.6 Å². The number of morpholine rings is 1. The van der Waals surface area contributed by atoms with E-state index < -0.39 is 0 Å². The molecule has 2 heterocycles. The zero-order valence-corrected chi connectivity index (χ0v) is 14.5. The van der Waals surface area contributed by atoms with E-state index in [1.807, 2.05) is 31.2 Å². The predicted octanol–water partition coefficient (Wildman–Crippen LogP) is 2.71. The average molecular weight is 316 g/mol. The Bertz CT molecular complexity index is 533. The summed E-state index contributed by atoms with van der Waals surface area (Å²) in [7, 11) is 0. The van der Waals surface area contributed by atoms with Crippen molar-refractivity contribution >= 4 is 5.91 Å². The second-order valence-electron chi connectivity index (χ2n) is 7.14. The van der Waals surface area contributed by atoms with Gasteiger partial charge in [0.15, 0.2) is 0 Å². The smallest absolute Gasteiger partial charge is 0.254 e. The van der Waals surface area contributed by atoms with Crippen LogP contribution in [-0.2, 0) is 4.74 Å². The summed E-state index contributed by atoms with van der Waals surface area (Å²) < 4.78 is 5.81. The standard InChI is InChI=1S/C19H28N2O2/c1-14-6-8-17(9-7-14)19(22)21-10-4-5-18(21)13-20-11-15(2)23-16(3)12-20/h6-9,15-16,18H,4-5,10-13H2,1-3H3/t15-,16+,18-/m1/s1. The Hall–Kier alpha value is -1.39. The Morgan fingerprint density at radius 3 is 2.48 bits per heavy atom. The van der Waals surface area contributed by atoms with E-state index >= 15 is 0 Å². The summed E-state index contributed by atoms with van der Waals surface area (Å²) in [5.74, 6) is 0.182. The van der Waals surface area contributed by atoms with Gasteiger partial charge in [-0.3, -0.25) is 9.69 Å². The van der Waals surface area contributed by atoms with Gasteiger partial charge in [0.2, 0.25) is 0 Å². The molecule has 4 nitrogen and oxygen atoms in total. The van der Waals surface area contributed by atoms with Crippen LogP contribution in [0.25, 0.3) is 0 Å². The van der Waals surface area contributed by atoms with E-state index in [1.165, 1.54) is 5.56 Å². The Morgan fingerprint density at radius 1 is 1.17 bits per heavy atom. The molecule has 0 aromatic heterocycles. The van der Waals surface area contributed by atoms with Crippen molar-refractivity contribution in [3.05, 3.63) is 35.4 Å². The van der Waals surface area contributed by atoms with Crippen LogP contribution in [0.2, 0.25) is 0 Å². The van der Waals surface area contributed by atoms with Crippen LogP contribution < -0.4 is 0 Å². The number of rotatable bonds is 3. The molecule has 2 aliphatic heterocycles. The lowest BCUT2D eigenvalue weighted by Gasteiger charge is -2.38. The maximum atomic E-state index is 12.8. The Labute approximate surface area is 139 Å². The molecule has 0 saturated carbocycles. The Morgan fingerprint density at radius 2 is 1.83 bits per heavy atom. The molecule has 2 fully saturated rings. The first-order valence-corrected chi connectivity index (χ1v) is 8.78. The van der Waals surface area contributed by atoms with Gasteiger partial charge in [0.05, 0.1) is 12.2 Å². The number of likely N-dealkylation sites (tertiary alicyclic amines) is 1. The van der Waals surface area contributed by atoms with Crippen LogP contribution >= 0.6 is 0 Å². The largest absolute Gasteiger partial charge is 0.373 e. The Balaban J connectivity index is 1.65. The fraction of sp³-hybridized carbons (Fsp3) is 0.632. The molecule has 0 N–H and O–H groups in total. The van der Waals surface area contributed by atoms with E-state index in [-0.39, 0.29) is 18.1 Å². The first kappa shape index (κ1) is 16.5. The SMILES string of the molecule is Cc1ccc(C(=O)N2CCC[C@@H]2CN2C[C@@H](C)O[C@@H](C)C2)cc1. The van der Waals surface area contributed by atoms with Crippen molar-refractivity contribution in [2.45, 2.75) is 51.9 Å². The van der Waals surface area contributed by atoms with Crippen LogP contribution in [0.15, 0.2) is 24.3 Å². The van der Waals surface area contributed by atoms with E-state index in [2.05, 4.69) is 23.6 Å². The third kappa shape index (κ3) is 3.93. The van der Waals surface area contributed by atoms with Crippen LogP contribution in [-0.4, -0.2) is 60.1 Å². The van der Waals surface area contributed by atoms with Crippen molar-refractivity contribution < 1.29 is 9.53 Å². The third-order valence-electron chi connectivity index (χ3n) is 4.90. The quantitative estimate of drug-likeness (QED) is 0.859. The molecule has 0 unspecified atom stereocenters. The van der Waals surface area contributed by atoms with Crippen molar-refractivity contribution in [2.75, 3.05) is 26.2 Å². The van der Waals surface area contributed by atoms with Crippen LogP contribution in [0, 0.1) is 6.92 Å². The monoisotopic (exact) mass is 316 g/mol. The number of nitrogens with zero attached hydrogens (tertiary/aromatic N) is 2. The summed E-state index contributed by atoms with van der Waals surface area (Å²) in [4.78, 5) is 17.4. The van der Waals surface area contributed by atoms with Crippen molar-refractivity contribution in [3.8, 4) is 0 Å². The molecular formula is C19H28N2O2. The fourth-order valence-corrected chi connectivity index (χ4v) is 3.89. The van der Waals surface area contributed by atoms with Gasteiger partial charge in [-0.1, -0.05) is 17.7 Å². The van der Waals surface area contributed by atoms with E-state index in [4.69, 9.17) is 4.74 Å². The third-order valence-corrected chi connectivity index (χ3v) is 4.90. The molecule has 4 heteroatoms. The summed E-state index contributed by atoms with van der Waals surface area (Å²) in [6.45, 7) is 10.1. The molecule has 3 atom stereocenters. The first-order chi connectivity index (χ1) is 11.0. The topological polar surface area (TPSA) is 32.8 Å². The predicted molar refractivity (Wildman–Crippen MR) is 91.7 cm³/mol. The molecule has 1 amide bonds. The first-order valence-electron chi connectivity index (χ1n) is 8.78. The number of aryl methyl sites for hydroxylation is 1. The number of amides is 1. The van der Waals surface area contributed by atoms with Gasteiger partial charge >= 0.3 is 0 Å². The number of benzene rings is 1. The number of ether oxygens (including phenoxy) is 1. The minimum absolute atomic E-state index is 0.182. The zero-order chi connectivity index (χ0) is 16.4. The fourth-order valence-electron chi connectivity index (χ4n) is 3.89. The normalized spacial score (nSPS) is 29.0. The van der Waals surface area contributed by atoms with E-state index in [0.29, 0.717) is 6.04 Å². The lowest BCUT2D eigenvalue weighted by atomic mass is 10.1. The van der Waals surface area contributed by atoms with E-state index in [9.17, 15) is 4.79 Å². The number of hydrogen-bond acceptors (Lipinski definition) is 3. The summed E-state index contributed by atoms with van der Waals surface area (Å²) in [6, 6.07) is 8.27. The Kier molecular flexibility index (Phi) is 5.02. The van der Waals surface area contributed by atoms with Crippen molar-refractivity contribution in [2.24, 2.45) is 0 Å². The molecule has 2 aliphatic rings. The average Bonchev–Trinajstić information content (AvgIpc) is 2.94. The van der Waals surface area contributed by atoms with Gasteiger partial charge in [-0.2, -0.15) is 0 Å². The van der Waals surface area contributed by atoms with Gasteiger partial charge in [0.1, 0.15) is 0 Å². The summed E-state index contributed by atoms with van der Waals surface area (Å²) in [6.07, 6.45) is 2.78. The number of hydrogen-bond donors (Lipinski definition) is 0. The lowest BCUT2D eigenvalue weighted by Crippen LogP contribution is -2.50. The van der Waals surface area contributed by atoms with Crippen molar-refractivity contribution in [1.82, 2.24) is 9.80 Å². The lowest BCUT2D eigenvalue weighted by molar-refractivity contribution is -0.0715. The molecule has 126 valence electrons. The minimum Gasteiger partial charge on any atom is -0.373 e. The number of carbonyl (C=O) groups excluding carboxylic acids is 1. The maximum Gasteiger partial charge on any atom is 0.254 e. The molecule has 3 rings (SSSR count). The molecule has 23 heavy (non-hydrogen) atoms. The second kappa shape index (κ2) is 7.02. The molecule has 0 bridgehead atoms. The molecular weight excluding hydrogens is 288 g/mol. The van der Waals surface area contributed by atoms with Gasteiger partial charge in [0, 0.05) is 37.8 Å².